The molecule has 1 amide bonds. The summed E-state index contributed by atoms with van der Waals surface area (Å²) < 4.78 is 31.5. The first-order valence-corrected chi connectivity index (χ1v) is 11.1. The first-order chi connectivity index (χ1) is 13.8. The average Bonchev–Trinajstić information content (AvgIpc) is 3.15. The van der Waals surface area contributed by atoms with Crippen LogP contribution in [0.15, 0.2) is 54.6 Å². The summed E-state index contributed by atoms with van der Waals surface area (Å²) in [6, 6.07) is 16.7. The summed E-state index contributed by atoms with van der Waals surface area (Å²) in [6.45, 7) is 3.58. The summed E-state index contributed by atoms with van der Waals surface area (Å²) in [5, 5.41) is 7.34. The molecule has 150 valence electrons. The molecule has 1 aromatic heterocycles. The van der Waals surface area contributed by atoms with E-state index in [2.05, 4.69) is 10.4 Å². The summed E-state index contributed by atoms with van der Waals surface area (Å²) >= 11 is 0. The van der Waals surface area contributed by atoms with Crippen molar-refractivity contribution in [3.8, 4) is 11.4 Å². The monoisotopic (exact) mass is 411 g/mol. The van der Waals surface area contributed by atoms with Crippen LogP contribution in [0.25, 0.3) is 5.69 Å². The van der Waals surface area contributed by atoms with Crippen LogP contribution >= 0.6 is 0 Å². The minimum Gasteiger partial charge on any atom is -0.481 e. The zero-order valence-corrected chi connectivity index (χ0v) is 16.9. The fraction of sp³-hybridized carbons (Fsp3) is 0.238. The van der Waals surface area contributed by atoms with Crippen molar-refractivity contribution >= 4 is 21.6 Å². The van der Waals surface area contributed by atoms with Crippen LogP contribution < -0.4 is 10.1 Å². The predicted octanol–water partition coefficient (Wildman–Crippen LogP) is 3.02. The number of nitrogens with one attached hydrogen (secondary N) is 1. The highest BCUT2D eigenvalue weighted by molar-refractivity contribution is 7.90. The molecule has 4 rings (SSSR count). The molecule has 2 aromatic carbocycles. The Morgan fingerprint density at radius 2 is 1.79 bits per heavy atom. The molecule has 0 aliphatic carbocycles. The fourth-order valence-electron chi connectivity index (χ4n) is 3.32. The lowest BCUT2D eigenvalue weighted by Gasteiger charge is -2.17. The maximum absolute atomic E-state index is 12.8. The second-order valence-corrected chi connectivity index (χ2v) is 9.13. The molecular weight excluding hydrogens is 390 g/mol. The quantitative estimate of drug-likeness (QED) is 0.697. The summed E-state index contributed by atoms with van der Waals surface area (Å²) in [5.41, 5.74) is 2.75. The first-order valence-electron chi connectivity index (χ1n) is 9.24. The Morgan fingerprint density at radius 1 is 1.10 bits per heavy atom. The number of carbonyl (C=O) groups is 1. The third-order valence-electron chi connectivity index (χ3n) is 4.80. The number of aromatic nitrogens is 2. The zero-order valence-electron chi connectivity index (χ0n) is 16.1. The van der Waals surface area contributed by atoms with Crippen LogP contribution in [0.1, 0.15) is 23.7 Å². The molecule has 1 aliphatic heterocycles. The maximum atomic E-state index is 12.8. The largest absolute Gasteiger partial charge is 0.481 e. The van der Waals surface area contributed by atoms with Gasteiger partial charge in [-0.1, -0.05) is 36.4 Å². The number of rotatable bonds is 5. The van der Waals surface area contributed by atoms with E-state index in [4.69, 9.17) is 4.74 Å². The zero-order chi connectivity index (χ0) is 20.6. The van der Waals surface area contributed by atoms with Gasteiger partial charge in [-0.05, 0) is 37.6 Å². The Balaban J connectivity index is 1.67. The minimum absolute atomic E-state index is 0.125. The first kappa shape index (κ1) is 19.2. The van der Waals surface area contributed by atoms with Gasteiger partial charge in [0.25, 0.3) is 5.91 Å². The third-order valence-corrected chi connectivity index (χ3v) is 6.24. The van der Waals surface area contributed by atoms with Crippen molar-refractivity contribution in [1.29, 1.82) is 0 Å². The van der Waals surface area contributed by atoms with E-state index in [0.29, 0.717) is 22.8 Å². The van der Waals surface area contributed by atoms with Crippen molar-refractivity contribution in [2.24, 2.45) is 0 Å². The predicted molar refractivity (Wildman–Crippen MR) is 110 cm³/mol. The number of amides is 1. The fourth-order valence-corrected chi connectivity index (χ4v) is 4.82. The van der Waals surface area contributed by atoms with E-state index in [-0.39, 0.29) is 17.4 Å². The number of hydrogen-bond donors (Lipinski definition) is 1. The number of aryl methyl sites for hydroxylation is 1. The van der Waals surface area contributed by atoms with Gasteiger partial charge in [0, 0.05) is 5.56 Å². The van der Waals surface area contributed by atoms with E-state index in [1.807, 2.05) is 49.4 Å². The molecule has 0 radical (unpaired) electrons. The van der Waals surface area contributed by atoms with Crippen LogP contribution in [-0.2, 0) is 26.1 Å². The molecule has 7 nitrogen and oxygen atoms in total. The van der Waals surface area contributed by atoms with Gasteiger partial charge in [0.1, 0.15) is 11.6 Å². The summed E-state index contributed by atoms with van der Waals surface area (Å²) in [4.78, 5) is 12.8. The maximum Gasteiger partial charge on any atom is 0.266 e. The smallest absolute Gasteiger partial charge is 0.266 e. The van der Waals surface area contributed by atoms with E-state index in [0.717, 1.165) is 11.3 Å². The van der Waals surface area contributed by atoms with Gasteiger partial charge in [0.15, 0.2) is 15.9 Å². The van der Waals surface area contributed by atoms with Gasteiger partial charge < -0.3 is 10.1 Å². The molecule has 29 heavy (non-hydrogen) atoms. The molecule has 3 aromatic rings. The van der Waals surface area contributed by atoms with Crippen molar-refractivity contribution in [2.75, 3.05) is 5.32 Å². The SMILES string of the molecule is Cc1ccccc1-n1nc2c(c1NC(=O)C(C)Oc1ccccc1)CS(=O)(=O)C2. The summed E-state index contributed by atoms with van der Waals surface area (Å²) in [5.74, 6) is 0.313. The molecule has 0 saturated heterocycles. The van der Waals surface area contributed by atoms with E-state index < -0.39 is 15.9 Å². The Bertz CT molecular complexity index is 1170. The summed E-state index contributed by atoms with van der Waals surface area (Å²) in [7, 11) is -3.26. The Labute approximate surface area is 169 Å². The number of ether oxygens (including phenoxy) is 1. The molecule has 1 aliphatic rings. The van der Waals surface area contributed by atoms with Gasteiger partial charge >= 0.3 is 0 Å². The van der Waals surface area contributed by atoms with E-state index in [9.17, 15) is 13.2 Å². The molecule has 2 heterocycles. The van der Waals surface area contributed by atoms with Gasteiger partial charge in [-0.3, -0.25) is 4.79 Å². The second-order valence-electron chi connectivity index (χ2n) is 7.07. The van der Waals surface area contributed by atoms with Crippen LogP contribution in [0.4, 0.5) is 5.82 Å². The minimum atomic E-state index is -3.26. The molecule has 8 heteroatoms. The highest BCUT2D eigenvalue weighted by atomic mass is 32.2. The highest BCUT2D eigenvalue weighted by Gasteiger charge is 2.34. The number of nitrogens with zero attached hydrogens (tertiary/aromatic N) is 2. The number of anilines is 1. The number of benzene rings is 2. The second kappa shape index (κ2) is 7.36. The van der Waals surface area contributed by atoms with Gasteiger partial charge in [-0.15, -0.1) is 0 Å². The van der Waals surface area contributed by atoms with Crippen LogP contribution in [-0.4, -0.2) is 30.2 Å². The van der Waals surface area contributed by atoms with Crippen LogP contribution in [0.2, 0.25) is 0 Å². The Morgan fingerprint density at radius 3 is 2.52 bits per heavy atom. The highest BCUT2D eigenvalue weighted by Crippen LogP contribution is 2.33. The number of sulfone groups is 1. The third kappa shape index (κ3) is 3.88. The molecule has 1 N–H and O–H groups in total. The number of carbonyl (C=O) groups excluding carboxylic acids is 1. The van der Waals surface area contributed by atoms with Gasteiger partial charge in [-0.2, -0.15) is 5.10 Å². The van der Waals surface area contributed by atoms with Crippen molar-refractivity contribution in [1.82, 2.24) is 9.78 Å². The van der Waals surface area contributed by atoms with E-state index in [1.165, 1.54) is 0 Å². The normalized spacial score (nSPS) is 15.5. The van der Waals surface area contributed by atoms with Gasteiger partial charge in [-0.25, -0.2) is 13.1 Å². The molecule has 0 saturated carbocycles. The van der Waals surface area contributed by atoms with Crippen LogP contribution in [0.3, 0.4) is 0 Å². The molecule has 0 fully saturated rings. The number of hydrogen-bond acceptors (Lipinski definition) is 5. The number of fused-ring (bicyclic) bond motifs is 1. The van der Waals surface area contributed by atoms with Gasteiger partial charge in [0.2, 0.25) is 0 Å². The van der Waals surface area contributed by atoms with Gasteiger partial charge in [0.05, 0.1) is 22.9 Å². The van der Waals surface area contributed by atoms with Crippen molar-refractivity contribution in [2.45, 2.75) is 31.5 Å². The summed E-state index contributed by atoms with van der Waals surface area (Å²) in [6.07, 6.45) is -0.772. The lowest BCUT2D eigenvalue weighted by molar-refractivity contribution is -0.122. The lowest BCUT2D eigenvalue weighted by Crippen LogP contribution is -2.31. The topological polar surface area (TPSA) is 90.3 Å². The average molecular weight is 411 g/mol. The number of para-hydroxylation sites is 2. The van der Waals surface area contributed by atoms with Crippen LogP contribution in [0, 0.1) is 6.92 Å². The van der Waals surface area contributed by atoms with Crippen molar-refractivity contribution in [3.05, 3.63) is 71.4 Å². The van der Waals surface area contributed by atoms with E-state index in [1.54, 1.807) is 23.7 Å². The molecule has 0 spiro atoms. The molecule has 1 unspecified atom stereocenters. The molecular formula is C21H21N3O4S. The van der Waals surface area contributed by atoms with Crippen molar-refractivity contribution < 1.29 is 17.9 Å². The van der Waals surface area contributed by atoms with Crippen molar-refractivity contribution in [3.63, 3.8) is 0 Å². The molecule has 1 atom stereocenters. The standard InChI is InChI=1S/C21H21N3O4S/c1-14-8-6-7-11-19(14)24-20(17-12-29(26,27)13-18(17)23-24)22-21(25)15(2)28-16-9-4-3-5-10-16/h3-11,15H,12-13H2,1-2H3,(H,22,25). The Kier molecular flexibility index (Phi) is 4.87. The van der Waals surface area contributed by atoms with E-state index >= 15 is 0 Å². The Hall–Kier alpha value is -3.13. The lowest BCUT2D eigenvalue weighted by atomic mass is 10.2. The molecule has 0 bridgehead atoms. The van der Waals surface area contributed by atoms with Crippen LogP contribution in [0.5, 0.6) is 5.75 Å².